The van der Waals surface area contributed by atoms with Crippen molar-refractivity contribution in [3.05, 3.63) is 0 Å². The standard InChI is InChI=1S/C74H144O17P2/c1-7-10-12-14-16-17-18-19-20-21-22-23-24-25-30-33-40-46-52-58-73(78)90-70(63-85-72(77)57-51-45-39-32-29-27-26-28-31-37-42-48-54-66(4)5)65-89-93(82,83)87-61-68(75)60-86-92(80,81)88-64-69(62-84-71(76)56-50-44-36-15-13-11-8-2)91-74(79)59-53-47-41-35-34-38-43-49-55-67(6)9-3/h66-70,75H,7-65H2,1-6H3,(H,80,81)(H,82,83)/t67?,68-,69+,70+/m0/s1. The van der Waals surface area contributed by atoms with Crippen LogP contribution in [0.15, 0.2) is 0 Å². The van der Waals surface area contributed by atoms with Crippen LogP contribution < -0.4 is 0 Å². The molecule has 0 rings (SSSR count). The molecule has 0 bridgehead atoms. The van der Waals surface area contributed by atoms with Crippen molar-refractivity contribution in [3.63, 3.8) is 0 Å². The van der Waals surface area contributed by atoms with E-state index in [2.05, 4.69) is 41.5 Å². The summed E-state index contributed by atoms with van der Waals surface area (Å²) in [5, 5.41) is 10.6. The van der Waals surface area contributed by atoms with Crippen molar-refractivity contribution in [1.82, 2.24) is 0 Å². The molecule has 0 aliphatic heterocycles. The van der Waals surface area contributed by atoms with Crippen molar-refractivity contribution in [2.75, 3.05) is 39.6 Å². The van der Waals surface area contributed by atoms with Crippen molar-refractivity contribution in [2.45, 2.75) is 400 Å². The fourth-order valence-electron chi connectivity index (χ4n) is 11.3. The Morgan fingerprint density at radius 3 is 0.817 bits per heavy atom. The Morgan fingerprint density at radius 1 is 0.312 bits per heavy atom. The monoisotopic (exact) mass is 1370 g/mol. The lowest BCUT2D eigenvalue weighted by molar-refractivity contribution is -0.161. The van der Waals surface area contributed by atoms with E-state index in [-0.39, 0.29) is 25.7 Å². The van der Waals surface area contributed by atoms with Gasteiger partial charge in [-0.3, -0.25) is 37.3 Å². The van der Waals surface area contributed by atoms with Crippen molar-refractivity contribution in [1.29, 1.82) is 0 Å². The Balaban J connectivity index is 5.19. The van der Waals surface area contributed by atoms with Crippen molar-refractivity contribution in [2.24, 2.45) is 11.8 Å². The van der Waals surface area contributed by atoms with Gasteiger partial charge in [0.05, 0.1) is 26.4 Å². The Hall–Kier alpha value is -1.94. The third-order valence-corrected chi connectivity index (χ3v) is 19.5. The van der Waals surface area contributed by atoms with Gasteiger partial charge in [0.1, 0.15) is 19.3 Å². The molecular weight excluding hydrogens is 1220 g/mol. The zero-order chi connectivity index (χ0) is 68.6. The van der Waals surface area contributed by atoms with E-state index in [0.717, 1.165) is 115 Å². The lowest BCUT2D eigenvalue weighted by Gasteiger charge is -2.21. The second kappa shape index (κ2) is 66.0. The third kappa shape index (κ3) is 67.0. The van der Waals surface area contributed by atoms with E-state index in [4.69, 9.17) is 37.0 Å². The number of esters is 4. The molecule has 3 N–H and O–H groups in total. The zero-order valence-corrected chi connectivity index (χ0v) is 62.3. The van der Waals surface area contributed by atoms with E-state index < -0.39 is 97.5 Å². The summed E-state index contributed by atoms with van der Waals surface area (Å²) in [4.78, 5) is 72.6. The number of aliphatic hydroxyl groups is 1. The minimum absolute atomic E-state index is 0.105. The van der Waals surface area contributed by atoms with E-state index in [1.807, 2.05) is 0 Å². The number of rotatable bonds is 73. The molecule has 6 atom stereocenters. The lowest BCUT2D eigenvalue weighted by Crippen LogP contribution is -2.30. The summed E-state index contributed by atoms with van der Waals surface area (Å²) in [5.74, 6) is -0.573. The van der Waals surface area contributed by atoms with Gasteiger partial charge in [0, 0.05) is 25.7 Å². The smallest absolute Gasteiger partial charge is 0.462 e. The van der Waals surface area contributed by atoms with Gasteiger partial charge in [0.15, 0.2) is 12.2 Å². The number of hydrogen-bond acceptors (Lipinski definition) is 15. The molecule has 0 heterocycles. The molecule has 19 heteroatoms. The fourth-order valence-corrected chi connectivity index (χ4v) is 12.8. The highest BCUT2D eigenvalue weighted by Crippen LogP contribution is 2.45. The summed E-state index contributed by atoms with van der Waals surface area (Å²) in [7, 11) is -9.90. The van der Waals surface area contributed by atoms with Crippen LogP contribution in [0.3, 0.4) is 0 Å². The van der Waals surface area contributed by atoms with Gasteiger partial charge in [0.2, 0.25) is 0 Å². The largest absolute Gasteiger partial charge is 0.472 e. The maximum Gasteiger partial charge on any atom is 0.472 e. The molecule has 0 aromatic heterocycles. The maximum atomic E-state index is 13.1. The predicted octanol–water partition coefficient (Wildman–Crippen LogP) is 21.6. The number of aliphatic hydroxyl groups excluding tert-OH is 1. The first-order valence-corrected chi connectivity index (χ1v) is 41.5. The molecule has 552 valence electrons. The third-order valence-electron chi connectivity index (χ3n) is 17.6. The van der Waals surface area contributed by atoms with E-state index in [0.29, 0.717) is 25.7 Å². The average molecular weight is 1370 g/mol. The summed E-state index contributed by atoms with van der Waals surface area (Å²) in [5.41, 5.74) is 0. The SMILES string of the molecule is CCCCCCCCCCCCCCCCCCCCCC(=O)O[C@H](COC(=O)CCCCCCCCCCCCCCC(C)C)COP(=O)(O)OC[C@@H](O)COP(=O)(O)OC[C@@H](COC(=O)CCCCCCCCC)OC(=O)CCCCCCCCCCC(C)CC. The van der Waals surface area contributed by atoms with Crippen molar-refractivity contribution >= 4 is 39.5 Å². The average Bonchev–Trinajstić information content (AvgIpc) is 2.37. The molecule has 0 saturated heterocycles. The Bertz CT molecular complexity index is 1810. The summed E-state index contributed by atoms with van der Waals surface area (Å²) >= 11 is 0. The molecular formula is C74H144O17P2. The maximum absolute atomic E-state index is 13.1. The molecule has 0 fully saturated rings. The van der Waals surface area contributed by atoms with Crippen molar-refractivity contribution < 1.29 is 80.2 Å². The molecule has 93 heavy (non-hydrogen) atoms. The molecule has 0 aromatic carbocycles. The number of ether oxygens (including phenoxy) is 4. The van der Waals surface area contributed by atoms with Crippen LogP contribution in [0.2, 0.25) is 0 Å². The Labute approximate surface area is 568 Å². The second-order valence-corrected chi connectivity index (χ2v) is 30.3. The van der Waals surface area contributed by atoms with E-state index in [1.54, 1.807) is 0 Å². The van der Waals surface area contributed by atoms with Gasteiger partial charge >= 0.3 is 39.5 Å². The normalized spacial score (nSPS) is 14.3. The summed E-state index contributed by atoms with van der Waals surface area (Å²) < 4.78 is 68.3. The zero-order valence-electron chi connectivity index (χ0n) is 60.6. The molecule has 17 nitrogen and oxygen atoms in total. The number of phosphoric acid groups is 2. The van der Waals surface area contributed by atoms with Crippen LogP contribution in [0.5, 0.6) is 0 Å². The number of carbonyl (C=O) groups excluding carboxylic acids is 4. The minimum atomic E-state index is -4.95. The first-order valence-electron chi connectivity index (χ1n) is 38.5. The van der Waals surface area contributed by atoms with Gasteiger partial charge in [-0.05, 0) is 37.5 Å². The quantitative estimate of drug-likeness (QED) is 0.0222. The molecule has 0 aliphatic rings. The van der Waals surface area contributed by atoms with Crippen LogP contribution in [0.4, 0.5) is 0 Å². The highest BCUT2D eigenvalue weighted by molar-refractivity contribution is 7.47. The van der Waals surface area contributed by atoms with Crippen LogP contribution in [0.25, 0.3) is 0 Å². The van der Waals surface area contributed by atoms with Crippen LogP contribution in [-0.2, 0) is 65.4 Å². The summed E-state index contributed by atoms with van der Waals surface area (Å²) in [6.07, 6.45) is 52.9. The Morgan fingerprint density at radius 2 is 0.548 bits per heavy atom. The molecule has 0 saturated carbocycles. The Kier molecular flexibility index (Phi) is 64.6. The highest BCUT2D eigenvalue weighted by Gasteiger charge is 2.30. The second-order valence-electron chi connectivity index (χ2n) is 27.4. The van der Waals surface area contributed by atoms with Gasteiger partial charge in [-0.15, -0.1) is 0 Å². The lowest BCUT2D eigenvalue weighted by atomic mass is 9.99. The molecule has 0 amide bonds. The molecule has 0 spiro atoms. The molecule has 0 radical (unpaired) electrons. The van der Waals surface area contributed by atoms with Crippen LogP contribution in [0.1, 0.15) is 382 Å². The van der Waals surface area contributed by atoms with Gasteiger partial charge in [-0.25, -0.2) is 9.13 Å². The van der Waals surface area contributed by atoms with Gasteiger partial charge in [0.25, 0.3) is 0 Å². The van der Waals surface area contributed by atoms with E-state index in [9.17, 15) is 43.2 Å². The number of carbonyl (C=O) groups is 4. The number of phosphoric ester groups is 2. The molecule has 0 aromatic rings. The molecule has 3 unspecified atom stereocenters. The summed E-state index contributed by atoms with van der Waals surface area (Å²) in [6, 6.07) is 0. The van der Waals surface area contributed by atoms with Crippen LogP contribution in [-0.4, -0.2) is 96.7 Å². The van der Waals surface area contributed by atoms with E-state index in [1.165, 1.54) is 186 Å². The summed E-state index contributed by atoms with van der Waals surface area (Å²) in [6.45, 7) is 9.55. The van der Waals surface area contributed by atoms with Crippen molar-refractivity contribution in [3.8, 4) is 0 Å². The first kappa shape index (κ1) is 91.1. The van der Waals surface area contributed by atoms with Crippen LogP contribution >= 0.6 is 15.6 Å². The van der Waals surface area contributed by atoms with Crippen LogP contribution in [0, 0.1) is 11.8 Å². The topological polar surface area (TPSA) is 237 Å². The fraction of sp³-hybridized carbons (Fsp3) is 0.946. The number of hydrogen-bond donors (Lipinski definition) is 3. The predicted molar refractivity (Wildman–Crippen MR) is 377 cm³/mol. The van der Waals surface area contributed by atoms with E-state index >= 15 is 0 Å². The van der Waals surface area contributed by atoms with Gasteiger partial charge in [-0.2, -0.15) is 0 Å². The first-order chi connectivity index (χ1) is 44.9. The van der Waals surface area contributed by atoms with Gasteiger partial charge in [-0.1, -0.05) is 330 Å². The highest BCUT2D eigenvalue weighted by atomic mass is 31.2. The molecule has 0 aliphatic carbocycles. The number of unbranched alkanes of at least 4 members (excludes halogenated alkanes) is 42. The van der Waals surface area contributed by atoms with Gasteiger partial charge < -0.3 is 33.8 Å². The minimum Gasteiger partial charge on any atom is -0.462 e.